The first-order chi connectivity index (χ1) is 10.2. The van der Waals surface area contributed by atoms with E-state index >= 15 is 0 Å². The third kappa shape index (κ3) is 6.13. The van der Waals surface area contributed by atoms with Crippen molar-refractivity contribution in [2.24, 2.45) is 0 Å². The van der Waals surface area contributed by atoms with E-state index in [0.29, 0.717) is 5.75 Å². The SMILES string of the molecule is CC(=O)Oc1c(CN(C)C)cc(CN(C)C)cc1CN(C)C. The van der Waals surface area contributed by atoms with E-state index < -0.39 is 0 Å². The summed E-state index contributed by atoms with van der Waals surface area (Å²) in [6.45, 7) is 3.79. The standard InChI is InChI=1S/C17H29N3O2/c1-13(21)22-17-15(11-19(4)5)8-14(10-18(2)3)9-16(17)12-20(6)7/h8-9H,10-12H2,1-7H3. The molecule has 0 aliphatic heterocycles. The predicted molar refractivity (Wildman–Crippen MR) is 89.9 cm³/mol. The molecule has 1 aromatic rings. The van der Waals surface area contributed by atoms with Gasteiger partial charge in [0.25, 0.3) is 0 Å². The number of hydrogen-bond donors (Lipinski definition) is 0. The van der Waals surface area contributed by atoms with Crippen LogP contribution >= 0.6 is 0 Å². The molecule has 0 amide bonds. The molecule has 0 N–H and O–H groups in total. The van der Waals surface area contributed by atoms with Crippen LogP contribution < -0.4 is 4.74 Å². The number of rotatable bonds is 7. The topological polar surface area (TPSA) is 36.0 Å². The first-order valence-corrected chi connectivity index (χ1v) is 7.46. The summed E-state index contributed by atoms with van der Waals surface area (Å²) in [6, 6.07) is 4.27. The van der Waals surface area contributed by atoms with Crippen molar-refractivity contribution >= 4 is 5.97 Å². The zero-order valence-corrected chi connectivity index (χ0v) is 14.9. The minimum atomic E-state index is -0.277. The maximum Gasteiger partial charge on any atom is 0.308 e. The predicted octanol–water partition coefficient (Wildman–Crippen LogP) is 1.80. The Kier molecular flexibility index (Phi) is 7.00. The number of nitrogens with zero attached hydrogens (tertiary/aromatic N) is 3. The van der Waals surface area contributed by atoms with E-state index in [1.165, 1.54) is 12.5 Å². The molecule has 0 fully saturated rings. The number of esters is 1. The zero-order valence-electron chi connectivity index (χ0n) is 14.9. The molecule has 1 aromatic carbocycles. The molecular formula is C17H29N3O2. The van der Waals surface area contributed by atoms with Crippen molar-refractivity contribution in [2.75, 3.05) is 42.3 Å². The highest BCUT2D eigenvalue weighted by atomic mass is 16.5. The Morgan fingerprint density at radius 3 is 1.59 bits per heavy atom. The average Bonchev–Trinajstić information content (AvgIpc) is 2.30. The molecule has 0 unspecified atom stereocenters. The van der Waals surface area contributed by atoms with Gasteiger partial charge in [-0.25, -0.2) is 0 Å². The number of benzene rings is 1. The van der Waals surface area contributed by atoms with Crippen LogP contribution in [-0.2, 0) is 24.4 Å². The Bertz CT molecular complexity index is 480. The van der Waals surface area contributed by atoms with E-state index in [0.717, 1.165) is 30.8 Å². The van der Waals surface area contributed by atoms with Crippen molar-refractivity contribution < 1.29 is 9.53 Å². The second-order valence-corrected chi connectivity index (χ2v) is 6.55. The van der Waals surface area contributed by atoms with Gasteiger partial charge in [0, 0.05) is 37.7 Å². The van der Waals surface area contributed by atoms with Gasteiger partial charge in [0.05, 0.1) is 0 Å². The first-order valence-electron chi connectivity index (χ1n) is 7.46. The quantitative estimate of drug-likeness (QED) is 0.567. The smallest absolute Gasteiger partial charge is 0.308 e. The van der Waals surface area contributed by atoms with Crippen LogP contribution in [0.25, 0.3) is 0 Å². The van der Waals surface area contributed by atoms with Crippen molar-refractivity contribution in [2.45, 2.75) is 26.6 Å². The summed E-state index contributed by atoms with van der Waals surface area (Å²) < 4.78 is 5.53. The van der Waals surface area contributed by atoms with Gasteiger partial charge >= 0.3 is 5.97 Å². The summed E-state index contributed by atoms with van der Waals surface area (Å²) in [4.78, 5) is 17.8. The fourth-order valence-corrected chi connectivity index (χ4v) is 2.47. The molecular weight excluding hydrogens is 278 g/mol. The lowest BCUT2D eigenvalue weighted by atomic mass is 10.0. The molecule has 0 aliphatic carbocycles. The van der Waals surface area contributed by atoms with Crippen LogP contribution in [0.15, 0.2) is 12.1 Å². The third-order valence-corrected chi connectivity index (χ3v) is 3.02. The van der Waals surface area contributed by atoms with Crippen LogP contribution in [0, 0.1) is 0 Å². The lowest BCUT2D eigenvalue weighted by Crippen LogP contribution is -2.19. The van der Waals surface area contributed by atoms with Gasteiger partial charge in [0.2, 0.25) is 0 Å². The van der Waals surface area contributed by atoms with Crippen LogP contribution in [0.5, 0.6) is 5.75 Å². The maximum atomic E-state index is 11.5. The average molecular weight is 307 g/mol. The molecule has 22 heavy (non-hydrogen) atoms. The van der Waals surface area contributed by atoms with Gasteiger partial charge in [-0.3, -0.25) is 4.79 Å². The summed E-state index contributed by atoms with van der Waals surface area (Å²) in [5, 5.41) is 0. The highest BCUT2D eigenvalue weighted by Gasteiger charge is 2.16. The number of carbonyl (C=O) groups excluding carboxylic acids is 1. The summed E-state index contributed by atoms with van der Waals surface area (Å²) in [6.07, 6.45) is 0. The summed E-state index contributed by atoms with van der Waals surface area (Å²) in [5.74, 6) is 0.428. The zero-order chi connectivity index (χ0) is 16.9. The van der Waals surface area contributed by atoms with Crippen LogP contribution in [0.3, 0.4) is 0 Å². The van der Waals surface area contributed by atoms with Crippen LogP contribution in [0.1, 0.15) is 23.6 Å². The molecule has 0 radical (unpaired) electrons. The van der Waals surface area contributed by atoms with E-state index in [1.807, 2.05) is 28.2 Å². The molecule has 1 rings (SSSR count). The highest BCUT2D eigenvalue weighted by Crippen LogP contribution is 2.29. The van der Waals surface area contributed by atoms with Gasteiger partial charge in [-0.2, -0.15) is 0 Å². The molecule has 0 aromatic heterocycles. The Labute approximate surface area is 134 Å². The van der Waals surface area contributed by atoms with E-state index in [2.05, 4.69) is 40.9 Å². The molecule has 0 heterocycles. The van der Waals surface area contributed by atoms with Crippen LogP contribution in [0.4, 0.5) is 0 Å². The normalized spacial score (nSPS) is 11.5. The molecule has 0 bridgehead atoms. The van der Waals surface area contributed by atoms with E-state index in [1.54, 1.807) is 0 Å². The van der Waals surface area contributed by atoms with E-state index in [4.69, 9.17) is 4.74 Å². The van der Waals surface area contributed by atoms with Crippen molar-refractivity contribution in [3.05, 3.63) is 28.8 Å². The Balaban J connectivity index is 3.34. The highest BCUT2D eigenvalue weighted by molar-refractivity contribution is 5.70. The molecule has 124 valence electrons. The maximum absolute atomic E-state index is 11.5. The molecule has 0 saturated heterocycles. The lowest BCUT2D eigenvalue weighted by molar-refractivity contribution is -0.132. The van der Waals surface area contributed by atoms with E-state index in [-0.39, 0.29) is 5.97 Å². The van der Waals surface area contributed by atoms with Gasteiger partial charge in [0.1, 0.15) is 5.75 Å². The molecule has 0 spiro atoms. The van der Waals surface area contributed by atoms with Crippen LogP contribution in [0.2, 0.25) is 0 Å². The van der Waals surface area contributed by atoms with Crippen LogP contribution in [-0.4, -0.2) is 63.0 Å². The lowest BCUT2D eigenvalue weighted by Gasteiger charge is -2.21. The first kappa shape index (κ1) is 18.6. The number of carbonyl (C=O) groups is 1. The Morgan fingerprint density at radius 1 is 0.864 bits per heavy atom. The molecule has 0 saturated carbocycles. The monoisotopic (exact) mass is 307 g/mol. The van der Waals surface area contributed by atoms with Crippen molar-refractivity contribution in [1.82, 2.24) is 14.7 Å². The van der Waals surface area contributed by atoms with Gasteiger partial charge in [-0.1, -0.05) is 0 Å². The third-order valence-electron chi connectivity index (χ3n) is 3.02. The minimum absolute atomic E-state index is 0.277. The van der Waals surface area contributed by atoms with Gasteiger partial charge in [0.15, 0.2) is 0 Å². The van der Waals surface area contributed by atoms with E-state index in [9.17, 15) is 4.79 Å². The minimum Gasteiger partial charge on any atom is -0.426 e. The Morgan fingerprint density at radius 2 is 1.27 bits per heavy atom. The summed E-state index contributed by atoms with van der Waals surface area (Å²) in [5.41, 5.74) is 3.34. The summed E-state index contributed by atoms with van der Waals surface area (Å²) >= 11 is 0. The fraction of sp³-hybridized carbons (Fsp3) is 0.588. The van der Waals surface area contributed by atoms with Gasteiger partial charge in [-0.05, 0) is 60.0 Å². The molecule has 5 heteroatoms. The second-order valence-electron chi connectivity index (χ2n) is 6.55. The Hall–Kier alpha value is -1.43. The molecule has 0 aliphatic rings. The van der Waals surface area contributed by atoms with Crippen molar-refractivity contribution in [3.8, 4) is 5.75 Å². The number of hydrogen-bond acceptors (Lipinski definition) is 5. The largest absolute Gasteiger partial charge is 0.426 e. The van der Waals surface area contributed by atoms with Crippen molar-refractivity contribution in [3.63, 3.8) is 0 Å². The van der Waals surface area contributed by atoms with Crippen molar-refractivity contribution in [1.29, 1.82) is 0 Å². The fourth-order valence-electron chi connectivity index (χ4n) is 2.47. The van der Waals surface area contributed by atoms with Gasteiger partial charge in [-0.15, -0.1) is 0 Å². The second kappa shape index (κ2) is 8.27. The number of ether oxygens (including phenoxy) is 1. The molecule has 5 nitrogen and oxygen atoms in total. The molecule has 0 atom stereocenters. The van der Waals surface area contributed by atoms with Gasteiger partial charge < -0.3 is 19.4 Å². The summed E-state index contributed by atoms with van der Waals surface area (Å²) in [7, 11) is 12.2.